The van der Waals surface area contributed by atoms with Gasteiger partial charge in [-0.05, 0) is 47.0 Å². The van der Waals surface area contributed by atoms with Crippen LogP contribution >= 0.6 is 15.9 Å². The third kappa shape index (κ3) is 3.43. The van der Waals surface area contributed by atoms with Crippen LogP contribution in [0.1, 0.15) is 24.9 Å². The Balaban J connectivity index is 2.04. The third-order valence-electron chi connectivity index (χ3n) is 3.53. The summed E-state index contributed by atoms with van der Waals surface area (Å²) in [4.78, 5) is 13.5. The molecule has 2 rings (SSSR count). The molecule has 1 aromatic carbocycles. The van der Waals surface area contributed by atoms with E-state index in [9.17, 15) is 4.79 Å². The zero-order valence-corrected chi connectivity index (χ0v) is 13.3. The number of hydrogen-bond acceptors (Lipinski definition) is 4. The quantitative estimate of drug-likeness (QED) is 0.885. The van der Waals surface area contributed by atoms with Gasteiger partial charge in [0.1, 0.15) is 0 Å². The molecule has 1 aliphatic rings. The smallest absolute Gasteiger partial charge is 0.407 e. The standard InChI is InChI=1S/C14H20BrN3O2/c1-9(16)10-3-4-13(12(15)7-10)18-6-5-11(8-18)17-14(19)20-2/h3-4,7,9,11H,5-6,8,16H2,1-2H3,(H,17,19)/t9-,11?/m1/s1. The van der Waals surface area contributed by atoms with E-state index in [0.717, 1.165) is 35.2 Å². The molecule has 1 heterocycles. The van der Waals surface area contributed by atoms with Gasteiger partial charge in [-0.25, -0.2) is 4.79 Å². The van der Waals surface area contributed by atoms with Crippen LogP contribution in [0.5, 0.6) is 0 Å². The summed E-state index contributed by atoms with van der Waals surface area (Å²) in [6.45, 7) is 3.66. The molecule has 1 saturated heterocycles. The van der Waals surface area contributed by atoms with Gasteiger partial charge in [-0.15, -0.1) is 0 Å². The molecule has 1 unspecified atom stereocenters. The van der Waals surface area contributed by atoms with E-state index in [2.05, 4.69) is 43.0 Å². The van der Waals surface area contributed by atoms with Gasteiger partial charge in [0.15, 0.2) is 0 Å². The molecule has 0 radical (unpaired) electrons. The summed E-state index contributed by atoms with van der Waals surface area (Å²) >= 11 is 3.60. The van der Waals surface area contributed by atoms with Crippen LogP contribution in [0.3, 0.4) is 0 Å². The maximum absolute atomic E-state index is 11.2. The van der Waals surface area contributed by atoms with Crippen molar-refractivity contribution < 1.29 is 9.53 Å². The largest absolute Gasteiger partial charge is 0.453 e. The Morgan fingerprint density at radius 2 is 2.35 bits per heavy atom. The van der Waals surface area contributed by atoms with Gasteiger partial charge in [0, 0.05) is 23.6 Å². The minimum Gasteiger partial charge on any atom is -0.453 e. The zero-order valence-electron chi connectivity index (χ0n) is 11.7. The SMILES string of the molecule is COC(=O)NC1CCN(c2ccc([C@@H](C)N)cc2Br)C1. The van der Waals surface area contributed by atoms with Gasteiger partial charge >= 0.3 is 6.09 Å². The predicted molar refractivity (Wildman–Crippen MR) is 82.9 cm³/mol. The number of amides is 1. The molecule has 110 valence electrons. The Morgan fingerprint density at radius 3 is 2.95 bits per heavy atom. The lowest BCUT2D eigenvalue weighted by Gasteiger charge is -2.21. The van der Waals surface area contributed by atoms with Crippen molar-refractivity contribution in [2.45, 2.75) is 25.4 Å². The number of benzene rings is 1. The number of carbonyl (C=O) groups excluding carboxylic acids is 1. The minimum atomic E-state index is -0.372. The summed E-state index contributed by atoms with van der Waals surface area (Å²) < 4.78 is 5.66. The highest BCUT2D eigenvalue weighted by atomic mass is 79.9. The van der Waals surface area contributed by atoms with Crippen LogP contribution in [0.15, 0.2) is 22.7 Å². The molecular formula is C14H20BrN3O2. The molecule has 0 aromatic heterocycles. The van der Waals surface area contributed by atoms with Gasteiger partial charge in [0.05, 0.1) is 18.8 Å². The molecular weight excluding hydrogens is 322 g/mol. The fraction of sp³-hybridized carbons (Fsp3) is 0.500. The first kappa shape index (κ1) is 15.1. The highest BCUT2D eigenvalue weighted by Gasteiger charge is 2.25. The first-order valence-corrected chi connectivity index (χ1v) is 7.45. The van der Waals surface area contributed by atoms with E-state index in [4.69, 9.17) is 5.73 Å². The number of hydrogen-bond donors (Lipinski definition) is 2. The molecule has 0 spiro atoms. The van der Waals surface area contributed by atoms with Crippen LogP contribution in [-0.4, -0.2) is 32.3 Å². The number of nitrogens with zero attached hydrogens (tertiary/aromatic N) is 1. The lowest BCUT2D eigenvalue weighted by molar-refractivity contribution is 0.167. The van der Waals surface area contributed by atoms with Crippen LogP contribution in [0.2, 0.25) is 0 Å². The lowest BCUT2D eigenvalue weighted by atomic mass is 10.1. The summed E-state index contributed by atoms with van der Waals surface area (Å²) in [5.41, 5.74) is 8.11. The Morgan fingerprint density at radius 1 is 1.60 bits per heavy atom. The van der Waals surface area contributed by atoms with Crippen molar-refractivity contribution in [3.05, 3.63) is 28.2 Å². The number of ether oxygens (including phenoxy) is 1. The number of nitrogens with two attached hydrogens (primary N) is 1. The number of methoxy groups -OCH3 is 1. The topological polar surface area (TPSA) is 67.6 Å². The van der Waals surface area contributed by atoms with E-state index in [1.807, 2.05) is 13.0 Å². The summed E-state index contributed by atoms with van der Waals surface area (Å²) in [5.74, 6) is 0. The summed E-state index contributed by atoms with van der Waals surface area (Å²) in [6, 6.07) is 6.33. The summed E-state index contributed by atoms with van der Waals surface area (Å²) in [5, 5.41) is 2.84. The van der Waals surface area contributed by atoms with Gasteiger partial charge in [0.25, 0.3) is 0 Å². The van der Waals surface area contributed by atoms with E-state index in [1.54, 1.807) is 0 Å². The molecule has 2 atom stereocenters. The van der Waals surface area contributed by atoms with E-state index in [-0.39, 0.29) is 18.2 Å². The van der Waals surface area contributed by atoms with E-state index < -0.39 is 0 Å². The van der Waals surface area contributed by atoms with Crippen LogP contribution in [-0.2, 0) is 4.74 Å². The Labute approximate surface area is 127 Å². The number of halogens is 1. The number of carbonyl (C=O) groups is 1. The van der Waals surface area contributed by atoms with Gasteiger partial charge in [-0.3, -0.25) is 0 Å². The lowest BCUT2D eigenvalue weighted by Crippen LogP contribution is -2.37. The van der Waals surface area contributed by atoms with Crippen molar-refractivity contribution in [3.8, 4) is 0 Å². The van der Waals surface area contributed by atoms with Crippen molar-refractivity contribution in [1.82, 2.24) is 5.32 Å². The fourth-order valence-electron chi connectivity index (χ4n) is 2.39. The molecule has 0 saturated carbocycles. The maximum atomic E-state index is 11.2. The van der Waals surface area contributed by atoms with E-state index >= 15 is 0 Å². The Bertz CT molecular complexity index is 493. The molecule has 1 aromatic rings. The molecule has 3 N–H and O–H groups in total. The molecule has 1 aliphatic heterocycles. The van der Waals surface area contributed by atoms with Gasteiger partial charge < -0.3 is 20.7 Å². The van der Waals surface area contributed by atoms with Crippen LogP contribution in [0.25, 0.3) is 0 Å². The highest BCUT2D eigenvalue weighted by molar-refractivity contribution is 9.10. The second-order valence-corrected chi connectivity index (χ2v) is 5.92. The number of nitrogens with one attached hydrogen (secondary N) is 1. The van der Waals surface area contributed by atoms with Gasteiger partial charge in [-0.2, -0.15) is 0 Å². The van der Waals surface area contributed by atoms with Crippen LogP contribution in [0.4, 0.5) is 10.5 Å². The molecule has 20 heavy (non-hydrogen) atoms. The Hall–Kier alpha value is -1.27. The number of rotatable bonds is 3. The third-order valence-corrected chi connectivity index (χ3v) is 4.17. The average Bonchev–Trinajstić information content (AvgIpc) is 2.86. The van der Waals surface area contributed by atoms with Crippen molar-refractivity contribution in [2.75, 3.05) is 25.1 Å². The van der Waals surface area contributed by atoms with E-state index in [0.29, 0.717) is 0 Å². The Kier molecular flexibility index (Phi) is 4.88. The van der Waals surface area contributed by atoms with Crippen LogP contribution < -0.4 is 16.0 Å². The van der Waals surface area contributed by atoms with Gasteiger partial charge in [-0.1, -0.05) is 6.07 Å². The predicted octanol–water partition coefficient (Wildman–Crippen LogP) is 2.40. The van der Waals surface area contributed by atoms with Crippen molar-refractivity contribution in [2.24, 2.45) is 5.73 Å². The first-order chi connectivity index (χ1) is 9.51. The molecule has 1 fully saturated rings. The fourth-order valence-corrected chi connectivity index (χ4v) is 3.03. The molecule has 0 aliphatic carbocycles. The van der Waals surface area contributed by atoms with Gasteiger partial charge in [0.2, 0.25) is 0 Å². The summed E-state index contributed by atoms with van der Waals surface area (Å²) in [6.07, 6.45) is 0.541. The average molecular weight is 342 g/mol. The second kappa shape index (κ2) is 6.45. The van der Waals surface area contributed by atoms with Crippen molar-refractivity contribution in [1.29, 1.82) is 0 Å². The maximum Gasteiger partial charge on any atom is 0.407 e. The second-order valence-electron chi connectivity index (χ2n) is 5.07. The number of anilines is 1. The summed E-state index contributed by atoms with van der Waals surface area (Å²) in [7, 11) is 1.38. The first-order valence-electron chi connectivity index (χ1n) is 6.65. The monoisotopic (exact) mass is 341 g/mol. The minimum absolute atomic E-state index is 0.0210. The molecule has 6 heteroatoms. The molecule has 1 amide bonds. The number of alkyl carbamates (subject to hydrolysis) is 1. The molecule has 0 bridgehead atoms. The van der Waals surface area contributed by atoms with E-state index in [1.165, 1.54) is 7.11 Å². The normalized spacial score (nSPS) is 19.8. The highest BCUT2D eigenvalue weighted by Crippen LogP contribution is 2.31. The van der Waals surface area contributed by atoms with Crippen LogP contribution in [0, 0.1) is 0 Å². The van der Waals surface area contributed by atoms with Crippen molar-refractivity contribution in [3.63, 3.8) is 0 Å². The molecule has 5 nitrogen and oxygen atoms in total. The zero-order chi connectivity index (χ0) is 14.7. The van der Waals surface area contributed by atoms with Crippen molar-refractivity contribution >= 4 is 27.7 Å².